The average Bonchev–Trinajstić information content (AvgIpc) is 3.30. The van der Waals surface area contributed by atoms with Crippen molar-refractivity contribution >= 4 is 28.2 Å². The number of rotatable bonds is 8. The third-order valence-electron chi connectivity index (χ3n) is 9.02. The van der Waals surface area contributed by atoms with E-state index >= 15 is 0 Å². The summed E-state index contributed by atoms with van der Waals surface area (Å²) in [5, 5.41) is 10.1. The van der Waals surface area contributed by atoms with Gasteiger partial charge in [0.15, 0.2) is 0 Å². The summed E-state index contributed by atoms with van der Waals surface area (Å²) in [6.07, 6.45) is -0.124. The lowest BCUT2D eigenvalue weighted by molar-refractivity contribution is -0.200. The number of alkyl halides is 3. The van der Waals surface area contributed by atoms with E-state index in [4.69, 9.17) is 9.47 Å². The lowest BCUT2D eigenvalue weighted by Gasteiger charge is -2.58. The molecular formula is C33H38F3N5O3. The minimum Gasteiger partial charge on any atom is -0.495 e. The fraction of sp³-hybridized carbons (Fsp3) is 0.485. The molecule has 0 unspecified atom stereocenters. The number of halogens is 3. The number of fused-ring (bicyclic) bond motifs is 1. The summed E-state index contributed by atoms with van der Waals surface area (Å²) in [7, 11) is 3.05. The lowest BCUT2D eigenvalue weighted by Crippen LogP contribution is -2.68. The van der Waals surface area contributed by atoms with Crippen LogP contribution in [0.3, 0.4) is 0 Å². The van der Waals surface area contributed by atoms with Crippen molar-refractivity contribution in [3.8, 4) is 17.6 Å². The van der Waals surface area contributed by atoms with Gasteiger partial charge in [0.2, 0.25) is 0 Å². The van der Waals surface area contributed by atoms with Crippen LogP contribution in [0.25, 0.3) is 10.9 Å². The highest BCUT2D eigenvalue weighted by Gasteiger charge is 2.50. The van der Waals surface area contributed by atoms with Crippen molar-refractivity contribution < 1.29 is 27.4 Å². The van der Waals surface area contributed by atoms with Crippen LogP contribution in [0.1, 0.15) is 41.7 Å². The topological polar surface area (TPSA) is 79.8 Å². The van der Waals surface area contributed by atoms with Crippen molar-refractivity contribution in [2.24, 2.45) is 5.41 Å². The minimum atomic E-state index is -4.40. The van der Waals surface area contributed by atoms with Crippen LogP contribution in [0.5, 0.6) is 5.75 Å². The number of benzene rings is 2. The van der Waals surface area contributed by atoms with Crippen molar-refractivity contribution in [3.05, 3.63) is 53.7 Å². The second-order valence-electron chi connectivity index (χ2n) is 12.2. The Balaban J connectivity index is 1.15. The van der Waals surface area contributed by atoms with Crippen LogP contribution in [0.4, 0.5) is 24.5 Å². The van der Waals surface area contributed by atoms with Gasteiger partial charge in [-0.15, -0.1) is 0 Å². The standard InChI is InChI=1S/C33H38F3N5O3/c1-37-31(42)22-8-13-28(30(15-22)43-2)38-14-4-5-25-16-26-27(6-3-7-29(26)41(25)19-33(34,35)36)39-23-9-11-24(12-10-23)40-17-32(18-40)20-44-21-32/h3,6-8,13,15-16,23-24,38-39H,9-12,14,17-21H2,1-2H3,(H,37,42)/t23-,24+. The van der Waals surface area contributed by atoms with E-state index in [1.165, 1.54) is 11.7 Å². The maximum absolute atomic E-state index is 13.7. The SMILES string of the molecule is CNC(=O)c1ccc(NCC#Cc2cc3c(N[C@H]4CC[C@@H](N5CC6(COC6)C5)CC4)cccc3n2CC(F)(F)F)c(OC)c1. The van der Waals surface area contributed by atoms with E-state index < -0.39 is 12.7 Å². The molecule has 3 fully saturated rings. The van der Waals surface area contributed by atoms with Gasteiger partial charge in [-0.3, -0.25) is 9.69 Å². The van der Waals surface area contributed by atoms with Crippen LogP contribution in [0.15, 0.2) is 42.5 Å². The maximum atomic E-state index is 13.7. The number of nitrogens with zero attached hydrogens (tertiary/aromatic N) is 2. The van der Waals surface area contributed by atoms with Crippen molar-refractivity contribution in [1.29, 1.82) is 0 Å². The van der Waals surface area contributed by atoms with Gasteiger partial charge in [0.1, 0.15) is 12.3 Å². The molecule has 3 N–H and O–H groups in total. The van der Waals surface area contributed by atoms with E-state index in [9.17, 15) is 18.0 Å². The Hall–Kier alpha value is -3.88. The number of hydrogen-bond acceptors (Lipinski definition) is 6. The molecule has 44 heavy (non-hydrogen) atoms. The first-order chi connectivity index (χ1) is 21.2. The third kappa shape index (κ3) is 6.33. The first kappa shape index (κ1) is 30.2. The van der Waals surface area contributed by atoms with Crippen molar-refractivity contribution in [3.63, 3.8) is 0 Å². The van der Waals surface area contributed by atoms with Crippen molar-refractivity contribution in [2.75, 3.05) is 57.6 Å². The van der Waals surface area contributed by atoms with Crippen molar-refractivity contribution in [1.82, 2.24) is 14.8 Å². The highest BCUT2D eigenvalue weighted by Crippen LogP contribution is 2.41. The molecule has 0 radical (unpaired) electrons. The number of methoxy groups -OCH3 is 1. The molecule has 0 bridgehead atoms. The van der Waals surface area contributed by atoms with Gasteiger partial charge >= 0.3 is 6.18 Å². The number of amides is 1. The summed E-state index contributed by atoms with van der Waals surface area (Å²) in [5.41, 5.74) is 3.12. The molecule has 1 aliphatic carbocycles. The van der Waals surface area contributed by atoms with Crippen LogP contribution in [-0.4, -0.2) is 80.6 Å². The normalized spacial score (nSPS) is 21.1. The second-order valence-corrected chi connectivity index (χ2v) is 12.2. The van der Waals surface area contributed by atoms with E-state index in [0.717, 1.165) is 63.1 Å². The van der Waals surface area contributed by atoms with Gasteiger partial charge in [-0.2, -0.15) is 13.2 Å². The zero-order valence-electron chi connectivity index (χ0n) is 25.0. The van der Waals surface area contributed by atoms with Gasteiger partial charge in [0, 0.05) is 54.3 Å². The zero-order chi connectivity index (χ0) is 30.9. The summed E-state index contributed by atoms with van der Waals surface area (Å²) in [5.74, 6) is 6.14. The van der Waals surface area contributed by atoms with Crippen molar-refractivity contribution in [2.45, 2.75) is 50.5 Å². The first-order valence-corrected chi connectivity index (χ1v) is 15.1. The Labute approximate surface area is 255 Å². The molecule has 1 spiro atoms. The van der Waals surface area contributed by atoms with Gasteiger partial charge in [0.05, 0.1) is 43.8 Å². The quantitative estimate of drug-likeness (QED) is 0.309. The monoisotopic (exact) mass is 609 g/mol. The molecule has 0 atom stereocenters. The molecule has 11 heteroatoms. The molecule has 234 valence electrons. The van der Waals surface area contributed by atoms with Crippen LogP contribution in [-0.2, 0) is 11.3 Å². The summed E-state index contributed by atoms with van der Waals surface area (Å²) in [6.45, 7) is 3.11. The highest BCUT2D eigenvalue weighted by atomic mass is 19.4. The molecule has 3 heterocycles. The molecule has 1 amide bonds. The summed E-state index contributed by atoms with van der Waals surface area (Å²) >= 11 is 0. The molecule has 1 aromatic heterocycles. The van der Waals surface area contributed by atoms with Gasteiger partial charge < -0.3 is 30.0 Å². The Morgan fingerprint density at radius 3 is 2.52 bits per heavy atom. The minimum absolute atomic E-state index is 0.169. The number of ether oxygens (including phenoxy) is 2. The third-order valence-corrected chi connectivity index (χ3v) is 9.02. The number of carbonyl (C=O) groups is 1. The Bertz CT molecular complexity index is 1570. The molecule has 2 aromatic carbocycles. The van der Waals surface area contributed by atoms with Gasteiger partial charge in [-0.05, 0) is 68.0 Å². The fourth-order valence-electron chi connectivity index (χ4n) is 6.71. The number of aromatic nitrogens is 1. The molecule has 6 rings (SSSR count). The molecule has 3 aliphatic rings. The molecule has 2 saturated heterocycles. The Morgan fingerprint density at radius 1 is 1.09 bits per heavy atom. The van der Waals surface area contributed by atoms with Crippen LogP contribution >= 0.6 is 0 Å². The fourth-order valence-corrected chi connectivity index (χ4v) is 6.71. The molecule has 1 saturated carbocycles. The van der Waals surface area contributed by atoms with E-state index in [1.807, 2.05) is 6.07 Å². The first-order valence-electron chi connectivity index (χ1n) is 15.1. The number of nitrogens with one attached hydrogen (secondary N) is 3. The average molecular weight is 610 g/mol. The summed E-state index contributed by atoms with van der Waals surface area (Å²) < 4.78 is 53.1. The summed E-state index contributed by atoms with van der Waals surface area (Å²) in [4.78, 5) is 14.5. The number of hydrogen-bond donors (Lipinski definition) is 3. The van der Waals surface area contributed by atoms with Crippen LogP contribution in [0, 0.1) is 17.3 Å². The van der Waals surface area contributed by atoms with Gasteiger partial charge in [-0.25, -0.2) is 0 Å². The molecule has 2 aliphatic heterocycles. The number of likely N-dealkylation sites (tertiary alicyclic amines) is 1. The van der Waals surface area contributed by atoms with E-state index in [2.05, 4.69) is 32.7 Å². The van der Waals surface area contributed by atoms with E-state index in [-0.39, 0.29) is 18.5 Å². The van der Waals surface area contributed by atoms with E-state index in [1.54, 1.807) is 43.4 Å². The maximum Gasteiger partial charge on any atom is 0.406 e. The van der Waals surface area contributed by atoms with E-state index in [0.29, 0.717) is 39.7 Å². The second kappa shape index (κ2) is 12.3. The highest BCUT2D eigenvalue weighted by molar-refractivity contribution is 5.95. The summed E-state index contributed by atoms with van der Waals surface area (Å²) in [6, 6.07) is 13.1. The molecule has 3 aromatic rings. The van der Waals surface area contributed by atoms with Crippen LogP contribution in [0.2, 0.25) is 0 Å². The van der Waals surface area contributed by atoms with Crippen LogP contribution < -0.4 is 20.7 Å². The lowest BCUT2D eigenvalue weighted by atomic mass is 9.75. The predicted octanol–water partition coefficient (Wildman–Crippen LogP) is 5.09. The van der Waals surface area contributed by atoms with Gasteiger partial charge in [-0.1, -0.05) is 12.0 Å². The molecule has 8 nitrogen and oxygen atoms in total. The zero-order valence-corrected chi connectivity index (χ0v) is 25.0. The largest absolute Gasteiger partial charge is 0.495 e. The Morgan fingerprint density at radius 2 is 1.86 bits per heavy atom. The van der Waals surface area contributed by atoms with Gasteiger partial charge in [0.25, 0.3) is 5.91 Å². The number of anilines is 2. The predicted molar refractivity (Wildman–Crippen MR) is 164 cm³/mol. The Kier molecular flexibility index (Phi) is 8.40. The molecular weight excluding hydrogens is 571 g/mol. The smallest absolute Gasteiger partial charge is 0.406 e. The number of carbonyl (C=O) groups excluding carboxylic acids is 1.